The van der Waals surface area contributed by atoms with Crippen LogP contribution in [0.5, 0.6) is 0 Å². The van der Waals surface area contributed by atoms with Gasteiger partial charge >= 0.3 is 0 Å². The summed E-state index contributed by atoms with van der Waals surface area (Å²) in [5.41, 5.74) is 1.74. The van der Waals surface area contributed by atoms with Crippen molar-refractivity contribution in [3.8, 4) is 12.3 Å². The molecular formula is C11H16N4. The summed E-state index contributed by atoms with van der Waals surface area (Å²) in [6.45, 7) is 5.87. The lowest BCUT2D eigenvalue weighted by atomic mass is 10.2. The fourth-order valence-corrected chi connectivity index (χ4v) is 1.14. The average molecular weight is 204 g/mol. The van der Waals surface area contributed by atoms with Crippen molar-refractivity contribution in [1.29, 1.82) is 0 Å². The predicted molar refractivity (Wildman–Crippen MR) is 60.5 cm³/mol. The fraction of sp³-hybridized carbons (Fsp3) is 0.545. The Labute approximate surface area is 90.5 Å². The molecule has 1 aromatic heterocycles. The van der Waals surface area contributed by atoms with E-state index in [-0.39, 0.29) is 6.04 Å². The Morgan fingerprint density at radius 1 is 1.33 bits per heavy atom. The van der Waals surface area contributed by atoms with Crippen LogP contribution in [0.15, 0.2) is 0 Å². The molecule has 0 bridgehead atoms. The van der Waals surface area contributed by atoms with E-state index in [2.05, 4.69) is 33.3 Å². The van der Waals surface area contributed by atoms with E-state index in [1.807, 2.05) is 13.8 Å². The van der Waals surface area contributed by atoms with Gasteiger partial charge in [0.1, 0.15) is 0 Å². The van der Waals surface area contributed by atoms with Gasteiger partial charge in [0.25, 0.3) is 0 Å². The van der Waals surface area contributed by atoms with Crippen LogP contribution < -0.4 is 5.32 Å². The number of hydrogen-bond donors (Lipinski definition) is 1. The molecule has 0 radical (unpaired) electrons. The first-order chi connectivity index (χ1) is 7.17. The molecule has 1 heterocycles. The van der Waals surface area contributed by atoms with E-state index in [4.69, 9.17) is 6.42 Å². The SMILES string of the molecule is C#CCC(CC)Nc1nnc(C)c(C)n1. The standard InChI is InChI=1S/C11H16N4/c1-5-7-10(6-2)13-11-12-8(3)9(4)14-15-11/h1,10H,6-7H2,2-4H3,(H,12,13,15). The number of nitrogens with zero attached hydrogens (tertiary/aromatic N) is 3. The zero-order valence-electron chi connectivity index (χ0n) is 9.41. The van der Waals surface area contributed by atoms with Crippen molar-refractivity contribution in [2.75, 3.05) is 5.32 Å². The highest BCUT2D eigenvalue weighted by molar-refractivity contribution is 5.26. The summed E-state index contributed by atoms with van der Waals surface area (Å²) >= 11 is 0. The molecule has 0 spiro atoms. The van der Waals surface area contributed by atoms with Gasteiger partial charge in [-0.1, -0.05) is 6.92 Å². The molecule has 0 aromatic carbocycles. The summed E-state index contributed by atoms with van der Waals surface area (Å²) in [5, 5.41) is 11.1. The van der Waals surface area contributed by atoms with Crippen LogP contribution in [0.3, 0.4) is 0 Å². The Kier molecular flexibility index (Phi) is 4.04. The molecule has 0 aliphatic rings. The first-order valence-electron chi connectivity index (χ1n) is 5.05. The summed E-state index contributed by atoms with van der Waals surface area (Å²) in [6, 6.07) is 0.221. The van der Waals surface area contributed by atoms with Crippen LogP contribution >= 0.6 is 0 Å². The second-order valence-electron chi connectivity index (χ2n) is 3.46. The van der Waals surface area contributed by atoms with Crippen LogP contribution in [0, 0.1) is 26.2 Å². The lowest BCUT2D eigenvalue weighted by molar-refractivity contribution is 0.699. The van der Waals surface area contributed by atoms with Crippen molar-refractivity contribution < 1.29 is 0 Å². The Bertz CT molecular complexity index is 367. The average Bonchev–Trinajstić information content (AvgIpc) is 2.23. The molecule has 0 aliphatic heterocycles. The Morgan fingerprint density at radius 2 is 2.07 bits per heavy atom. The minimum Gasteiger partial charge on any atom is -0.349 e. The highest BCUT2D eigenvalue weighted by atomic mass is 15.2. The molecule has 1 N–H and O–H groups in total. The van der Waals surface area contributed by atoms with E-state index >= 15 is 0 Å². The largest absolute Gasteiger partial charge is 0.349 e. The molecule has 80 valence electrons. The van der Waals surface area contributed by atoms with Crippen molar-refractivity contribution in [3.63, 3.8) is 0 Å². The van der Waals surface area contributed by atoms with E-state index < -0.39 is 0 Å². The highest BCUT2D eigenvalue weighted by Crippen LogP contribution is 2.07. The highest BCUT2D eigenvalue weighted by Gasteiger charge is 2.07. The van der Waals surface area contributed by atoms with E-state index in [9.17, 15) is 0 Å². The number of hydrogen-bond acceptors (Lipinski definition) is 4. The van der Waals surface area contributed by atoms with Gasteiger partial charge in [-0.05, 0) is 20.3 Å². The van der Waals surface area contributed by atoms with E-state index in [1.54, 1.807) is 0 Å². The minimum absolute atomic E-state index is 0.221. The van der Waals surface area contributed by atoms with Crippen LogP contribution in [0.1, 0.15) is 31.2 Å². The Hall–Kier alpha value is -1.63. The first-order valence-corrected chi connectivity index (χ1v) is 5.05. The Morgan fingerprint density at radius 3 is 2.60 bits per heavy atom. The smallest absolute Gasteiger partial charge is 0.243 e. The normalized spacial score (nSPS) is 11.9. The van der Waals surface area contributed by atoms with Gasteiger partial charge in [-0.2, -0.15) is 5.10 Å². The summed E-state index contributed by atoms with van der Waals surface area (Å²) in [6.07, 6.45) is 6.88. The van der Waals surface area contributed by atoms with Crippen LogP contribution in [0.25, 0.3) is 0 Å². The predicted octanol–water partition coefficient (Wildman–Crippen LogP) is 1.70. The topological polar surface area (TPSA) is 50.7 Å². The van der Waals surface area contributed by atoms with E-state index in [0.29, 0.717) is 12.4 Å². The first kappa shape index (κ1) is 11.4. The van der Waals surface area contributed by atoms with Gasteiger partial charge in [-0.15, -0.1) is 17.4 Å². The van der Waals surface area contributed by atoms with Crippen molar-refractivity contribution in [2.45, 2.75) is 39.7 Å². The van der Waals surface area contributed by atoms with Gasteiger partial charge in [0, 0.05) is 12.5 Å². The molecule has 4 heteroatoms. The monoisotopic (exact) mass is 204 g/mol. The van der Waals surface area contributed by atoms with Crippen molar-refractivity contribution in [2.24, 2.45) is 0 Å². The molecule has 1 atom stereocenters. The number of nitrogens with one attached hydrogen (secondary N) is 1. The molecule has 0 saturated heterocycles. The van der Waals surface area contributed by atoms with E-state index in [1.165, 1.54) is 0 Å². The quantitative estimate of drug-likeness (QED) is 0.758. The van der Waals surface area contributed by atoms with Gasteiger partial charge in [0.05, 0.1) is 11.4 Å². The maximum absolute atomic E-state index is 5.27. The molecule has 1 unspecified atom stereocenters. The molecule has 0 aliphatic carbocycles. The number of aromatic nitrogens is 3. The number of terminal acetylenes is 1. The Balaban J connectivity index is 2.71. The molecule has 0 saturated carbocycles. The summed E-state index contributed by atoms with van der Waals surface area (Å²) in [7, 11) is 0. The molecular weight excluding hydrogens is 188 g/mol. The van der Waals surface area contributed by atoms with Gasteiger partial charge < -0.3 is 5.32 Å². The fourth-order valence-electron chi connectivity index (χ4n) is 1.14. The van der Waals surface area contributed by atoms with Gasteiger partial charge in [-0.3, -0.25) is 0 Å². The summed E-state index contributed by atoms with van der Waals surface area (Å²) < 4.78 is 0. The number of rotatable bonds is 4. The molecule has 1 rings (SSSR count). The van der Waals surface area contributed by atoms with Crippen LogP contribution in [-0.4, -0.2) is 21.2 Å². The van der Waals surface area contributed by atoms with Crippen molar-refractivity contribution >= 4 is 5.95 Å². The van der Waals surface area contributed by atoms with Gasteiger partial charge in [-0.25, -0.2) is 4.98 Å². The third-order valence-corrected chi connectivity index (χ3v) is 2.28. The molecule has 0 fully saturated rings. The minimum atomic E-state index is 0.221. The van der Waals surface area contributed by atoms with Crippen LogP contribution in [0.4, 0.5) is 5.95 Å². The lowest BCUT2D eigenvalue weighted by Gasteiger charge is -2.13. The second-order valence-corrected chi connectivity index (χ2v) is 3.46. The number of anilines is 1. The summed E-state index contributed by atoms with van der Waals surface area (Å²) in [5.74, 6) is 3.18. The molecule has 0 amide bonds. The van der Waals surface area contributed by atoms with Crippen LogP contribution in [-0.2, 0) is 0 Å². The molecule has 4 nitrogen and oxygen atoms in total. The maximum atomic E-state index is 5.27. The molecule has 15 heavy (non-hydrogen) atoms. The van der Waals surface area contributed by atoms with E-state index in [0.717, 1.165) is 17.8 Å². The lowest BCUT2D eigenvalue weighted by Crippen LogP contribution is -2.20. The van der Waals surface area contributed by atoms with Gasteiger partial charge in [0.15, 0.2) is 0 Å². The van der Waals surface area contributed by atoms with Gasteiger partial charge in [0.2, 0.25) is 5.95 Å². The van der Waals surface area contributed by atoms with Crippen LogP contribution in [0.2, 0.25) is 0 Å². The molecule has 1 aromatic rings. The number of aryl methyl sites for hydroxylation is 2. The summed E-state index contributed by atoms with van der Waals surface area (Å²) in [4.78, 5) is 4.29. The maximum Gasteiger partial charge on any atom is 0.243 e. The van der Waals surface area contributed by atoms with Crippen molar-refractivity contribution in [1.82, 2.24) is 15.2 Å². The second kappa shape index (κ2) is 5.30. The third kappa shape index (κ3) is 3.21. The van der Waals surface area contributed by atoms with Crippen molar-refractivity contribution in [3.05, 3.63) is 11.4 Å². The third-order valence-electron chi connectivity index (χ3n) is 2.28. The zero-order valence-corrected chi connectivity index (χ0v) is 9.41. The zero-order chi connectivity index (χ0) is 11.3.